The van der Waals surface area contributed by atoms with Crippen LogP contribution in [0.15, 0.2) is 66.9 Å². The molecule has 1 N–H and O–H groups in total. The first-order chi connectivity index (χ1) is 11.4. The Bertz CT molecular complexity index is 772. The molecule has 1 fully saturated rings. The van der Waals surface area contributed by atoms with Crippen LogP contribution >= 0.6 is 0 Å². The first-order valence-corrected chi connectivity index (χ1v) is 8.36. The highest BCUT2D eigenvalue weighted by atomic mass is 15.3. The van der Waals surface area contributed by atoms with Gasteiger partial charge in [-0.3, -0.25) is 4.98 Å². The number of hydrogen-bond donors (Lipinski definition) is 1. The summed E-state index contributed by atoms with van der Waals surface area (Å²) in [4.78, 5) is 8.62. The summed E-state index contributed by atoms with van der Waals surface area (Å²) in [6, 6.07) is 21.4. The fraction of sp³-hybridized carbons (Fsp3) is 0.250. The molecule has 0 saturated carbocycles. The molecule has 0 aliphatic carbocycles. The summed E-state index contributed by atoms with van der Waals surface area (Å²) < 4.78 is 0. The maximum absolute atomic E-state index is 4.47. The number of nitrogens with zero attached hydrogens (tertiary/aromatic N) is 2. The number of piperazine rings is 1. The number of fused-ring (bicyclic) bond motifs is 1. The van der Waals surface area contributed by atoms with Gasteiger partial charge in [0.25, 0.3) is 0 Å². The third-order valence-electron chi connectivity index (χ3n) is 4.77. The standard InChI is InChI=1S/C20H21N3/c1-2-6-18(7-3-1)23-14-12-22(13-15-23)16-17-10-11-21-20-9-5-4-8-19(17)20/h1-11H,12-16H2/p+1. The molecule has 1 aliphatic heterocycles. The zero-order chi connectivity index (χ0) is 15.5. The molecule has 0 radical (unpaired) electrons. The predicted molar refractivity (Wildman–Crippen MR) is 94.8 cm³/mol. The average Bonchev–Trinajstić information content (AvgIpc) is 2.63. The van der Waals surface area contributed by atoms with Crippen molar-refractivity contribution in [1.82, 2.24) is 4.98 Å². The molecular formula is C20H22N3+. The van der Waals surface area contributed by atoms with Crippen LogP contribution < -0.4 is 9.80 Å². The number of benzene rings is 2. The molecule has 116 valence electrons. The van der Waals surface area contributed by atoms with Crippen LogP contribution in [0.4, 0.5) is 5.69 Å². The lowest BCUT2D eigenvalue weighted by Gasteiger charge is -2.33. The van der Waals surface area contributed by atoms with Gasteiger partial charge in [0.2, 0.25) is 0 Å². The molecule has 1 saturated heterocycles. The van der Waals surface area contributed by atoms with Crippen LogP contribution in [-0.4, -0.2) is 31.2 Å². The highest BCUT2D eigenvalue weighted by Gasteiger charge is 2.20. The molecule has 3 aromatic rings. The number of quaternary nitrogens is 1. The maximum Gasteiger partial charge on any atom is 0.104 e. The van der Waals surface area contributed by atoms with Crippen LogP contribution in [0, 0.1) is 0 Å². The van der Waals surface area contributed by atoms with E-state index in [1.165, 1.54) is 29.7 Å². The minimum Gasteiger partial charge on any atom is -0.360 e. The Morgan fingerprint density at radius 1 is 0.870 bits per heavy atom. The summed E-state index contributed by atoms with van der Waals surface area (Å²) in [5.41, 5.74) is 3.87. The molecule has 0 spiro atoms. The fourth-order valence-electron chi connectivity index (χ4n) is 3.48. The summed E-state index contributed by atoms with van der Waals surface area (Å²) in [7, 11) is 0. The molecule has 0 bridgehead atoms. The first kappa shape index (κ1) is 14.2. The lowest BCUT2D eigenvalue weighted by atomic mass is 10.1. The van der Waals surface area contributed by atoms with Gasteiger partial charge in [-0.25, -0.2) is 0 Å². The van der Waals surface area contributed by atoms with E-state index in [2.05, 4.69) is 70.5 Å². The van der Waals surface area contributed by atoms with Crippen molar-refractivity contribution in [2.24, 2.45) is 0 Å². The van der Waals surface area contributed by atoms with E-state index in [0.29, 0.717) is 0 Å². The van der Waals surface area contributed by atoms with Crippen molar-refractivity contribution in [2.75, 3.05) is 31.1 Å². The maximum atomic E-state index is 4.47. The van der Waals surface area contributed by atoms with Gasteiger partial charge in [-0.1, -0.05) is 36.4 Å². The van der Waals surface area contributed by atoms with E-state index in [0.717, 1.165) is 25.2 Å². The van der Waals surface area contributed by atoms with Crippen LogP contribution in [0.3, 0.4) is 0 Å². The van der Waals surface area contributed by atoms with E-state index in [1.54, 1.807) is 4.90 Å². The lowest BCUT2D eigenvalue weighted by Crippen LogP contribution is -3.13. The summed E-state index contributed by atoms with van der Waals surface area (Å²) >= 11 is 0. The van der Waals surface area contributed by atoms with Crippen molar-refractivity contribution in [3.8, 4) is 0 Å². The molecular weight excluding hydrogens is 282 g/mol. The van der Waals surface area contributed by atoms with E-state index in [1.807, 2.05) is 6.20 Å². The van der Waals surface area contributed by atoms with Gasteiger partial charge < -0.3 is 9.80 Å². The lowest BCUT2D eigenvalue weighted by molar-refractivity contribution is -0.914. The van der Waals surface area contributed by atoms with Crippen molar-refractivity contribution in [1.29, 1.82) is 0 Å². The molecule has 0 amide bonds. The number of para-hydroxylation sites is 2. The number of rotatable bonds is 3. The second-order valence-electron chi connectivity index (χ2n) is 6.24. The minimum atomic E-state index is 1.09. The van der Waals surface area contributed by atoms with Crippen molar-refractivity contribution < 1.29 is 4.90 Å². The number of aromatic nitrogens is 1. The van der Waals surface area contributed by atoms with Crippen molar-refractivity contribution in [2.45, 2.75) is 6.54 Å². The second kappa shape index (κ2) is 6.39. The SMILES string of the molecule is c1ccc(N2CC[NH+](Cc3ccnc4ccccc34)CC2)cc1. The van der Waals surface area contributed by atoms with Gasteiger partial charge in [-0.15, -0.1) is 0 Å². The van der Waals surface area contributed by atoms with E-state index >= 15 is 0 Å². The van der Waals surface area contributed by atoms with Crippen LogP contribution in [0.5, 0.6) is 0 Å². The Labute approximate surface area is 137 Å². The number of hydrogen-bond acceptors (Lipinski definition) is 2. The molecule has 23 heavy (non-hydrogen) atoms. The second-order valence-corrected chi connectivity index (χ2v) is 6.24. The Morgan fingerprint density at radius 2 is 1.61 bits per heavy atom. The van der Waals surface area contributed by atoms with Gasteiger partial charge in [0.05, 0.1) is 31.7 Å². The van der Waals surface area contributed by atoms with Gasteiger partial charge >= 0.3 is 0 Å². The Morgan fingerprint density at radius 3 is 2.43 bits per heavy atom. The topological polar surface area (TPSA) is 20.6 Å². The van der Waals surface area contributed by atoms with Crippen LogP contribution in [-0.2, 0) is 6.54 Å². The zero-order valence-electron chi connectivity index (χ0n) is 13.3. The molecule has 1 aromatic heterocycles. The molecule has 2 aromatic carbocycles. The van der Waals surface area contributed by atoms with Crippen molar-refractivity contribution in [3.63, 3.8) is 0 Å². The predicted octanol–water partition coefficient (Wildman–Crippen LogP) is 2.14. The summed E-state index contributed by atoms with van der Waals surface area (Å²) in [5.74, 6) is 0. The molecule has 3 heteroatoms. The van der Waals surface area contributed by atoms with Gasteiger partial charge in [0, 0.05) is 22.8 Å². The molecule has 1 aliphatic rings. The van der Waals surface area contributed by atoms with Gasteiger partial charge in [-0.2, -0.15) is 0 Å². The van der Waals surface area contributed by atoms with Crippen LogP contribution in [0.2, 0.25) is 0 Å². The first-order valence-electron chi connectivity index (χ1n) is 8.36. The molecule has 0 unspecified atom stereocenters. The van der Waals surface area contributed by atoms with E-state index in [-0.39, 0.29) is 0 Å². The summed E-state index contributed by atoms with van der Waals surface area (Å²) in [6.45, 7) is 5.72. The normalized spacial score (nSPS) is 15.9. The van der Waals surface area contributed by atoms with Crippen molar-refractivity contribution >= 4 is 16.6 Å². The Balaban J connectivity index is 1.45. The minimum absolute atomic E-state index is 1.09. The van der Waals surface area contributed by atoms with Crippen molar-refractivity contribution in [3.05, 3.63) is 72.4 Å². The quantitative estimate of drug-likeness (QED) is 0.800. The highest BCUT2D eigenvalue weighted by molar-refractivity contribution is 5.81. The van der Waals surface area contributed by atoms with E-state index in [9.17, 15) is 0 Å². The van der Waals surface area contributed by atoms with E-state index in [4.69, 9.17) is 0 Å². The average molecular weight is 304 g/mol. The molecule has 2 heterocycles. The summed E-state index contributed by atoms with van der Waals surface area (Å²) in [6.07, 6.45) is 1.94. The number of nitrogens with one attached hydrogen (secondary N) is 1. The monoisotopic (exact) mass is 304 g/mol. The smallest absolute Gasteiger partial charge is 0.104 e. The highest BCUT2D eigenvalue weighted by Crippen LogP contribution is 2.16. The Hall–Kier alpha value is -2.39. The van der Waals surface area contributed by atoms with Gasteiger partial charge in [0.1, 0.15) is 6.54 Å². The Kier molecular flexibility index (Phi) is 3.95. The van der Waals surface area contributed by atoms with Crippen LogP contribution in [0.1, 0.15) is 5.56 Å². The van der Waals surface area contributed by atoms with Gasteiger partial charge in [0.15, 0.2) is 0 Å². The molecule has 0 atom stereocenters. The number of pyridine rings is 1. The number of anilines is 1. The third-order valence-corrected chi connectivity index (χ3v) is 4.77. The summed E-state index contributed by atoms with van der Waals surface area (Å²) in [5, 5.41) is 1.30. The largest absolute Gasteiger partial charge is 0.360 e. The van der Waals surface area contributed by atoms with Crippen LogP contribution in [0.25, 0.3) is 10.9 Å². The van der Waals surface area contributed by atoms with Gasteiger partial charge in [-0.05, 0) is 24.3 Å². The third kappa shape index (κ3) is 3.06. The fourth-order valence-corrected chi connectivity index (χ4v) is 3.48. The molecule has 3 nitrogen and oxygen atoms in total. The molecule has 4 rings (SSSR count). The van der Waals surface area contributed by atoms with E-state index < -0.39 is 0 Å². The zero-order valence-corrected chi connectivity index (χ0v) is 13.3.